The highest BCUT2D eigenvalue weighted by Gasteiger charge is 2.18. The number of piperidine rings is 1. The van der Waals surface area contributed by atoms with Crippen LogP contribution in [-0.2, 0) is 4.79 Å². The van der Waals surface area contributed by atoms with Gasteiger partial charge in [-0.15, -0.1) is 0 Å². The van der Waals surface area contributed by atoms with Gasteiger partial charge in [-0.1, -0.05) is 0 Å². The van der Waals surface area contributed by atoms with Gasteiger partial charge in [0.2, 0.25) is 0 Å². The first-order valence-corrected chi connectivity index (χ1v) is 6.23. The Hall–Kier alpha value is -1.49. The molecule has 5 heteroatoms. The fourth-order valence-electron chi connectivity index (χ4n) is 2.24. The second-order valence-corrected chi connectivity index (χ2v) is 4.66. The van der Waals surface area contributed by atoms with Crippen LogP contribution in [0.15, 0.2) is 18.2 Å². The largest absolute Gasteiger partial charge is 0.327 e. The Labute approximate surface area is 105 Å². The Morgan fingerprint density at radius 3 is 2.67 bits per heavy atom. The molecule has 0 radical (unpaired) electrons. The Morgan fingerprint density at radius 1 is 1.22 bits per heavy atom. The van der Waals surface area contributed by atoms with E-state index in [1.807, 2.05) is 0 Å². The van der Waals surface area contributed by atoms with Crippen molar-refractivity contribution in [1.29, 1.82) is 0 Å². The lowest BCUT2D eigenvalue weighted by molar-refractivity contribution is -0.896. The maximum atomic E-state index is 13.3. The summed E-state index contributed by atoms with van der Waals surface area (Å²) in [7, 11) is 0. The maximum absolute atomic E-state index is 13.3. The number of carbonyl (C=O) groups excluding carboxylic acids is 1. The van der Waals surface area contributed by atoms with Gasteiger partial charge in [-0.25, -0.2) is 8.78 Å². The first-order valence-electron chi connectivity index (χ1n) is 6.23. The predicted octanol–water partition coefficient (Wildman–Crippen LogP) is 0.972. The molecule has 1 aliphatic heterocycles. The van der Waals surface area contributed by atoms with E-state index >= 15 is 0 Å². The molecular formula is C13H17F2N2O+. The van der Waals surface area contributed by atoms with Gasteiger partial charge >= 0.3 is 0 Å². The van der Waals surface area contributed by atoms with Gasteiger partial charge in [0.25, 0.3) is 5.91 Å². The van der Waals surface area contributed by atoms with Crippen molar-refractivity contribution in [3.63, 3.8) is 0 Å². The number of likely N-dealkylation sites (tertiary alicyclic amines) is 1. The SMILES string of the molecule is O=C(C[NH+]1CCCCC1)Nc1cc(F)ccc1F. The average Bonchev–Trinajstić information content (AvgIpc) is 2.35. The van der Waals surface area contributed by atoms with Crippen LogP contribution in [0, 0.1) is 11.6 Å². The summed E-state index contributed by atoms with van der Waals surface area (Å²) in [6, 6.07) is 3.04. The molecule has 2 N–H and O–H groups in total. The highest BCUT2D eigenvalue weighted by atomic mass is 19.1. The van der Waals surface area contributed by atoms with E-state index in [9.17, 15) is 13.6 Å². The zero-order chi connectivity index (χ0) is 13.0. The van der Waals surface area contributed by atoms with E-state index in [4.69, 9.17) is 0 Å². The minimum absolute atomic E-state index is 0.0867. The number of anilines is 1. The molecule has 0 aromatic heterocycles. The molecule has 1 saturated heterocycles. The normalized spacial score (nSPS) is 16.6. The molecule has 98 valence electrons. The van der Waals surface area contributed by atoms with Gasteiger partial charge < -0.3 is 10.2 Å². The van der Waals surface area contributed by atoms with Gasteiger partial charge in [0.05, 0.1) is 18.8 Å². The maximum Gasteiger partial charge on any atom is 0.279 e. The summed E-state index contributed by atoms with van der Waals surface area (Å²) in [5, 5.41) is 2.42. The molecule has 1 fully saturated rings. The summed E-state index contributed by atoms with van der Waals surface area (Å²) >= 11 is 0. The molecule has 18 heavy (non-hydrogen) atoms. The van der Waals surface area contributed by atoms with E-state index in [0.29, 0.717) is 6.54 Å². The third-order valence-electron chi connectivity index (χ3n) is 3.17. The summed E-state index contributed by atoms with van der Waals surface area (Å²) in [6.07, 6.45) is 3.46. The van der Waals surface area contributed by atoms with Crippen molar-refractivity contribution in [3.05, 3.63) is 29.8 Å². The van der Waals surface area contributed by atoms with Gasteiger partial charge in [0.15, 0.2) is 6.54 Å². The van der Waals surface area contributed by atoms with Crippen LogP contribution in [0.4, 0.5) is 14.5 Å². The Bertz CT molecular complexity index is 431. The number of hydrogen-bond donors (Lipinski definition) is 2. The molecule has 0 aliphatic carbocycles. The topological polar surface area (TPSA) is 33.5 Å². The highest BCUT2D eigenvalue weighted by Crippen LogP contribution is 2.14. The van der Waals surface area contributed by atoms with Gasteiger partial charge in [-0.3, -0.25) is 4.79 Å². The molecule has 3 nitrogen and oxygen atoms in total. The first-order chi connectivity index (χ1) is 8.65. The summed E-state index contributed by atoms with van der Waals surface area (Å²) < 4.78 is 26.3. The van der Waals surface area contributed by atoms with Crippen LogP contribution >= 0.6 is 0 Å². The molecule has 1 aromatic carbocycles. The number of benzene rings is 1. The molecule has 1 amide bonds. The predicted molar refractivity (Wildman–Crippen MR) is 64.4 cm³/mol. The van der Waals surface area contributed by atoms with E-state index in [1.165, 1.54) is 11.3 Å². The summed E-state index contributed by atoms with van der Waals surface area (Å²) in [5.74, 6) is -1.44. The lowest BCUT2D eigenvalue weighted by atomic mass is 10.1. The van der Waals surface area contributed by atoms with Gasteiger partial charge in [-0.05, 0) is 31.4 Å². The Kier molecular flexibility index (Phi) is 4.25. The highest BCUT2D eigenvalue weighted by molar-refractivity contribution is 5.91. The van der Waals surface area contributed by atoms with Crippen molar-refractivity contribution in [2.45, 2.75) is 19.3 Å². The van der Waals surface area contributed by atoms with E-state index in [1.54, 1.807) is 0 Å². The Balaban J connectivity index is 1.92. The first kappa shape index (κ1) is 13.0. The zero-order valence-electron chi connectivity index (χ0n) is 10.1. The summed E-state index contributed by atoms with van der Waals surface area (Å²) in [6.45, 7) is 2.26. The number of amides is 1. The molecule has 1 aliphatic rings. The second kappa shape index (κ2) is 5.91. The minimum atomic E-state index is -0.613. The van der Waals surface area contributed by atoms with Crippen molar-refractivity contribution in [2.75, 3.05) is 25.0 Å². The molecule has 0 unspecified atom stereocenters. The zero-order valence-corrected chi connectivity index (χ0v) is 10.1. The minimum Gasteiger partial charge on any atom is -0.327 e. The van der Waals surface area contributed by atoms with E-state index in [-0.39, 0.29) is 11.6 Å². The van der Waals surface area contributed by atoms with Crippen molar-refractivity contribution in [2.24, 2.45) is 0 Å². The number of carbonyl (C=O) groups is 1. The summed E-state index contributed by atoms with van der Waals surface area (Å²) in [5.41, 5.74) is -0.0867. The lowest BCUT2D eigenvalue weighted by Crippen LogP contribution is -3.13. The smallest absolute Gasteiger partial charge is 0.279 e. The van der Waals surface area contributed by atoms with Crippen molar-refractivity contribution < 1.29 is 18.5 Å². The molecular weight excluding hydrogens is 238 g/mol. The second-order valence-electron chi connectivity index (χ2n) is 4.66. The van der Waals surface area contributed by atoms with E-state index in [2.05, 4.69) is 5.32 Å². The Morgan fingerprint density at radius 2 is 1.94 bits per heavy atom. The molecule has 0 saturated carbocycles. The summed E-state index contributed by atoms with van der Waals surface area (Å²) in [4.78, 5) is 12.9. The van der Waals surface area contributed by atoms with Crippen LogP contribution in [-0.4, -0.2) is 25.5 Å². The van der Waals surface area contributed by atoms with Crippen LogP contribution < -0.4 is 10.2 Å². The fraction of sp³-hybridized carbons (Fsp3) is 0.462. The van der Waals surface area contributed by atoms with Crippen LogP contribution in [0.2, 0.25) is 0 Å². The molecule has 1 heterocycles. The fourth-order valence-corrected chi connectivity index (χ4v) is 2.24. The molecule has 2 rings (SSSR count). The van der Waals surface area contributed by atoms with Crippen LogP contribution in [0.25, 0.3) is 0 Å². The van der Waals surface area contributed by atoms with Gasteiger partial charge in [-0.2, -0.15) is 0 Å². The molecule has 1 aromatic rings. The monoisotopic (exact) mass is 255 g/mol. The number of rotatable bonds is 3. The third kappa shape index (κ3) is 3.50. The number of hydrogen-bond acceptors (Lipinski definition) is 1. The van der Waals surface area contributed by atoms with Crippen molar-refractivity contribution in [3.8, 4) is 0 Å². The molecule has 0 spiro atoms. The van der Waals surface area contributed by atoms with Crippen LogP contribution in [0.1, 0.15) is 19.3 Å². The van der Waals surface area contributed by atoms with Gasteiger partial charge in [0, 0.05) is 6.07 Å². The lowest BCUT2D eigenvalue weighted by Gasteiger charge is -2.22. The van der Waals surface area contributed by atoms with Crippen molar-refractivity contribution in [1.82, 2.24) is 0 Å². The average molecular weight is 255 g/mol. The van der Waals surface area contributed by atoms with E-state index < -0.39 is 11.6 Å². The van der Waals surface area contributed by atoms with Crippen LogP contribution in [0.5, 0.6) is 0 Å². The van der Waals surface area contributed by atoms with Gasteiger partial charge in [0.1, 0.15) is 11.6 Å². The number of halogens is 2. The quantitative estimate of drug-likeness (QED) is 0.829. The molecule has 0 bridgehead atoms. The standard InChI is InChI=1S/C13H16F2N2O/c14-10-4-5-11(15)12(8-10)16-13(18)9-17-6-2-1-3-7-17/h4-5,8H,1-3,6-7,9H2,(H,16,18)/p+1. The third-order valence-corrected chi connectivity index (χ3v) is 3.17. The number of nitrogens with one attached hydrogen (secondary N) is 2. The number of quaternary nitrogens is 1. The van der Waals surface area contributed by atoms with Crippen molar-refractivity contribution >= 4 is 11.6 Å². The van der Waals surface area contributed by atoms with Crippen LogP contribution in [0.3, 0.4) is 0 Å². The van der Waals surface area contributed by atoms with E-state index in [0.717, 1.165) is 44.1 Å². The molecule has 0 atom stereocenters.